The summed E-state index contributed by atoms with van der Waals surface area (Å²) in [6.07, 6.45) is 3.46. The molecule has 4 aromatic rings. The van der Waals surface area contributed by atoms with E-state index in [2.05, 4.69) is 30.4 Å². The summed E-state index contributed by atoms with van der Waals surface area (Å²) in [7, 11) is -3.72. The van der Waals surface area contributed by atoms with Crippen molar-refractivity contribution in [3.05, 3.63) is 78.8 Å². The Balaban J connectivity index is 1.45. The molecule has 0 bridgehead atoms. The number of nitrogens with one attached hydrogen (secondary N) is 3. The lowest BCUT2D eigenvalue weighted by Crippen LogP contribution is -2.13. The Morgan fingerprint density at radius 3 is 2.34 bits per heavy atom. The van der Waals surface area contributed by atoms with Gasteiger partial charge in [-0.1, -0.05) is 0 Å². The molecule has 0 aliphatic carbocycles. The molecule has 32 heavy (non-hydrogen) atoms. The van der Waals surface area contributed by atoms with Crippen LogP contribution >= 0.6 is 0 Å². The van der Waals surface area contributed by atoms with E-state index in [1.165, 1.54) is 0 Å². The van der Waals surface area contributed by atoms with Gasteiger partial charge in [-0.25, -0.2) is 18.1 Å². The van der Waals surface area contributed by atoms with E-state index in [1.54, 1.807) is 71.7 Å². The van der Waals surface area contributed by atoms with Crippen LogP contribution in [0.25, 0.3) is 5.69 Å². The molecule has 0 atom stereocenters. The lowest BCUT2D eigenvalue weighted by atomic mass is 10.3. The van der Waals surface area contributed by atoms with Crippen LogP contribution in [0.5, 0.6) is 0 Å². The van der Waals surface area contributed by atoms with E-state index in [-0.39, 0.29) is 4.90 Å². The monoisotopic (exact) mass is 449 g/mol. The highest BCUT2D eigenvalue weighted by molar-refractivity contribution is 7.92. The maximum atomic E-state index is 12.7. The fourth-order valence-corrected chi connectivity index (χ4v) is 4.11. The number of nitrogens with zero attached hydrogens (tertiary/aromatic N) is 4. The number of benzene rings is 2. The first-order valence-electron chi connectivity index (χ1n) is 10.0. The molecule has 164 valence electrons. The first-order chi connectivity index (χ1) is 15.4. The van der Waals surface area contributed by atoms with E-state index in [9.17, 15) is 8.42 Å². The molecule has 3 N–H and O–H groups in total. The van der Waals surface area contributed by atoms with Gasteiger partial charge in [-0.2, -0.15) is 10.1 Å². The van der Waals surface area contributed by atoms with E-state index >= 15 is 0 Å². The Morgan fingerprint density at radius 1 is 0.969 bits per heavy atom. The number of anilines is 4. The summed E-state index contributed by atoms with van der Waals surface area (Å²) in [5.74, 6) is 1.21. The Morgan fingerprint density at radius 2 is 1.69 bits per heavy atom. The van der Waals surface area contributed by atoms with Crippen molar-refractivity contribution in [1.82, 2.24) is 19.7 Å². The second kappa shape index (κ2) is 9.06. The Hall–Kier alpha value is -3.92. The third-order valence-electron chi connectivity index (χ3n) is 4.51. The van der Waals surface area contributed by atoms with E-state index in [4.69, 9.17) is 0 Å². The number of aryl methyl sites for hydroxylation is 1. The molecule has 0 saturated heterocycles. The first kappa shape index (κ1) is 21.3. The van der Waals surface area contributed by atoms with Crippen LogP contribution in [0, 0.1) is 6.92 Å². The third kappa shape index (κ3) is 5.03. The quantitative estimate of drug-likeness (QED) is 0.373. The molecule has 2 aromatic heterocycles. The molecular weight excluding hydrogens is 426 g/mol. The van der Waals surface area contributed by atoms with Gasteiger partial charge in [-0.05, 0) is 68.4 Å². The number of aromatic nitrogens is 4. The maximum Gasteiger partial charge on any atom is 0.261 e. The van der Waals surface area contributed by atoms with Gasteiger partial charge in [0.05, 0.1) is 10.6 Å². The van der Waals surface area contributed by atoms with Crippen LogP contribution < -0.4 is 15.4 Å². The molecule has 0 radical (unpaired) electrons. The lowest BCUT2D eigenvalue weighted by molar-refractivity contribution is 0.601. The molecule has 0 fully saturated rings. The van der Waals surface area contributed by atoms with Crippen molar-refractivity contribution in [2.45, 2.75) is 18.7 Å². The Labute approximate surface area is 186 Å². The van der Waals surface area contributed by atoms with Gasteiger partial charge in [0, 0.05) is 42.1 Å². The zero-order chi connectivity index (χ0) is 22.6. The second-order valence-corrected chi connectivity index (χ2v) is 8.68. The van der Waals surface area contributed by atoms with Gasteiger partial charge in [0.2, 0.25) is 5.95 Å². The van der Waals surface area contributed by atoms with E-state index < -0.39 is 10.0 Å². The van der Waals surface area contributed by atoms with Gasteiger partial charge in [-0.15, -0.1) is 0 Å². The predicted octanol–water partition coefficient (Wildman–Crippen LogP) is 3.95. The van der Waals surface area contributed by atoms with Crippen molar-refractivity contribution in [1.29, 1.82) is 0 Å². The molecule has 0 amide bonds. The lowest BCUT2D eigenvalue weighted by Gasteiger charge is -2.11. The largest absolute Gasteiger partial charge is 0.354 e. The van der Waals surface area contributed by atoms with Gasteiger partial charge >= 0.3 is 0 Å². The van der Waals surface area contributed by atoms with Gasteiger partial charge < -0.3 is 10.6 Å². The molecular formula is C22H23N7O2S. The normalized spacial score (nSPS) is 11.2. The van der Waals surface area contributed by atoms with Crippen molar-refractivity contribution >= 4 is 33.2 Å². The smallest absolute Gasteiger partial charge is 0.261 e. The van der Waals surface area contributed by atoms with Crippen LogP contribution in [-0.4, -0.2) is 34.7 Å². The minimum atomic E-state index is -3.72. The van der Waals surface area contributed by atoms with Crippen LogP contribution in [0.1, 0.15) is 12.6 Å². The molecule has 2 aromatic carbocycles. The zero-order valence-corrected chi connectivity index (χ0v) is 18.5. The SMILES string of the molecule is CCNc1nc(C)cc(Nc2ccc(NS(=O)(=O)c3ccc(-n4cccn4)cc3)cc2)n1. The second-order valence-electron chi connectivity index (χ2n) is 7.00. The number of hydrogen-bond donors (Lipinski definition) is 3. The minimum absolute atomic E-state index is 0.169. The molecule has 10 heteroatoms. The van der Waals surface area contributed by atoms with Crippen molar-refractivity contribution in [3.63, 3.8) is 0 Å². The van der Waals surface area contributed by atoms with Gasteiger partial charge in [-0.3, -0.25) is 4.72 Å². The van der Waals surface area contributed by atoms with Crippen LogP contribution in [0.15, 0.2) is 78.0 Å². The van der Waals surface area contributed by atoms with Crippen molar-refractivity contribution in [3.8, 4) is 5.69 Å². The standard InChI is InChI=1S/C22H23N7O2S/c1-3-23-22-25-16(2)15-21(27-22)26-17-5-7-18(8-6-17)28-32(30,31)20-11-9-19(10-12-20)29-14-4-13-24-29/h4-15,28H,3H2,1-2H3,(H2,23,25,26,27). The summed E-state index contributed by atoms with van der Waals surface area (Å²) < 4.78 is 29.7. The summed E-state index contributed by atoms with van der Waals surface area (Å²) in [6, 6.07) is 17.1. The van der Waals surface area contributed by atoms with Crippen LogP contribution in [0.4, 0.5) is 23.1 Å². The average Bonchev–Trinajstić information content (AvgIpc) is 3.30. The Kier molecular flexibility index (Phi) is 6.04. The average molecular weight is 450 g/mol. The molecule has 0 aliphatic heterocycles. The van der Waals surface area contributed by atoms with Gasteiger partial charge in [0.15, 0.2) is 0 Å². The fourth-order valence-electron chi connectivity index (χ4n) is 3.05. The highest BCUT2D eigenvalue weighted by Crippen LogP contribution is 2.22. The van der Waals surface area contributed by atoms with Crippen LogP contribution in [0.3, 0.4) is 0 Å². The molecule has 0 aliphatic rings. The predicted molar refractivity (Wildman–Crippen MR) is 125 cm³/mol. The summed E-state index contributed by atoms with van der Waals surface area (Å²) in [5, 5.41) is 10.4. The van der Waals surface area contributed by atoms with Crippen LogP contribution in [-0.2, 0) is 10.0 Å². The Bertz CT molecular complexity index is 1290. The topological polar surface area (TPSA) is 114 Å². The first-order valence-corrected chi connectivity index (χ1v) is 11.5. The molecule has 4 rings (SSSR count). The summed E-state index contributed by atoms with van der Waals surface area (Å²) in [4.78, 5) is 8.91. The third-order valence-corrected chi connectivity index (χ3v) is 5.91. The summed E-state index contributed by atoms with van der Waals surface area (Å²) in [6.45, 7) is 4.60. The van der Waals surface area contributed by atoms with E-state index in [0.29, 0.717) is 17.5 Å². The van der Waals surface area contributed by atoms with Crippen LogP contribution in [0.2, 0.25) is 0 Å². The summed E-state index contributed by atoms with van der Waals surface area (Å²) >= 11 is 0. The minimum Gasteiger partial charge on any atom is -0.354 e. The number of hydrogen-bond acceptors (Lipinski definition) is 7. The van der Waals surface area contributed by atoms with Gasteiger partial charge in [0.25, 0.3) is 10.0 Å². The maximum absolute atomic E-state index is 12.7. The molecule has 9 nitrogen and oxygen atoms in total. The highest BCUT2D eigenvalue weighted by Gasteiger charge is 2.14. The number of sulfonamides is 1. The highest BCUT2D eigenvalue weighted by atomic mass is 32.2. The number of rotatable bonds is 8. The van der Waals surface area contributed by atoms with Gasteiger partial charge in [0.1, 0.15) is 5.82 Å². The molecule has 0 unspecified atom stereocenters. The van der Waals surface area contributed by atoms with E-state index in [0.717, 1.165) is 23.6 Å². The van der Waals surface area contributed by atoms with E-state index in [1.807, 2.05) is 19.9 Å². The molecule has 0 spiro atoms. The zero-order valence-electron chi connectivity index (χ0n) is 17.6. The molecule has 2 heterocycles. The van der Waals surface area contributed by atoms with Crippen molar-refractivity contribution < 1.29 is 8.42 Å². The molecule has 0 saturated carbocycles. The summed E-state index contributed by atoms with van der Waals surface area (Å²) in [5.41, 5.74) is 2.85. The van der Waals surface area contributed by atoms with Crippen molar-refractivity contribution in [2.75, 3.05) is 21.9 Å². The van der Waals surface area contributed by atoms with Crippen molar-refractivity contribution in [2.24, 2.45) is 0 Å². The fraction of sp³-hybridized carbons (Fsp3) is 0.136.